The van der Waals surface area contributed by atoms with E-state index in [4.69, 9.17) is 0 Å². The van der Waals surface area contributed by atoms with Crippen LogP contribution in [0.4, 0.5) is 5.69 Å². The van der Waals surface area contributed by atoms with Gasteiger partial charge in [-0.25, -0.2) is 0 Å². The van der Waals surface area contributed by atoms with Crippen LogP contribution in [0.25, 0.3) is 0 Å². The summed E-state index contributed by atoms with van der Waals surface area (Å²) in [6, 6.07) is 11.3. The molecule has 34 heavy (non-hydrogen) atoms. The third-order valence-corrected chi connectivity index (χ3v) is 7.19. The van der Waals surface area contributed by atoms with Crippen molar-refractivity contribution in [3.05, 3.63) is 65.7 Å². The first-order valence-electron chi connectivity index (χ1n) is 11.2. The van der Waals surface area contributed by atoms with Crippen LogP contribution in [0.15, 0.2) is 54.1 Å². The summed E-state index contributed by atoms with van der Waals surface area (Å²) >= 11 is 1.59. The van der Waals surface area contributed by atoms with Crippen molar-refractivity contribution in [3.8, 4) is 0 Å². The second-order valence-corrected chi connectivity index (χ2v) is 9.96. The van der Waals surface area contributed by atoms with Gasteiger partial charge in [0.05, 0.1) is 0 Å². The molecule has 4 rings (SSSR count). The van der Waals surface area contributed by atoms with E-state index in [0.717, 1.165) is 17.1 Å². The van der Waals surface area contributed by atoms with Crippen molar-refractivity contribution in [1.82, 2.24) is 29.5 Å². The zero-order valence-electron chi connectivity index (χ0n) is 19.8. The fraction of sp³-hybridized carbons (Fsp3) is 0.375. The lowest BCUT2D eigenvalue weighted by Gasteiger charge is -2.20. The first-order valence-corrected chi connectivity index (χ1v) is 12.0. The number of aromatic nitrogens is 4. The number of aryl methyl sites for hydroxylation is 1. The van der Waals surface area contributed by atoms with Crippen LogP contribution in [0.3, 0.4) is 0 Å². The molecule has 9 nitrogen and oxygen atoms in total. The monoisotopic (exact) mass is 479 g/mol. The second-order valence-electron chi connectivity index (χ2n) is 8.65. The SMILES string of the molecule is C[C@H](Sc1nncn1C)c1cccc(NC(=O)c2cc(C(=O)N3CC[C@@H](N(C)C)C3)ccn2)c1. The van der Waals surface area contributed by atoms with Crippen molar-refractivity contribution in [3.63, 3.8) is 0 Å². The predicted molar refractivity (Wildman–Crippen MR) is 132 cm³/mol. The Kier molecular flexibility index (Phi) is 7.28. The zero-order valence-corrected chi connectivity index (χ0v) is 20.6. The van der Waals surface area contributed by atoms with Crippen LogP contribution >= 0.6 is 11.8 Å². The molecule has 0 radical (unpaired) electrons. The van der Waals surface area contributed by atoms with Crippen molar-refractivity contribution in [2.24, 2.45) is 7.05 Å². The van der Waals surface area contributed by atoms with Gasteiger partial charge in [0.25, 0.3) is 11.8 Å². The van der Waals surface area contributed by atoms with Crippen molar-refractivity contribution >= 4 is 29.3 Å². The minimum Gasteiger partial charge on any atom is -0.337 e. The number of amides is 2. The Balaban J connectivity index is 1.43. The normalized spacial score (nSPS) is 16.6. The Labute approximate surface area is 203 Å². The van der Waals surface area contributed by atoms with Crippen LogP contribution in [0.2, 0.25) is 0 Å². The molecule has 2 amide bonds. The van der Waals surface area contributed by atoms with Gasteiger partial charge in [-0.2, -0.15) is 0 Å². The first-order chi connectivity index (χ1) is 16.3. The molecular weight excluding hydrogens is 450 g/mol. The highest BCUT2D eigenvalue weighted by Gasteiger charge is 2.28. The molecule has 2 aromatic heterocycles. The van der Waals surface area contributed by atoms with E-state index in [1.165, 1.54) is 6.20 Å². The number of hydrogen-bond acceptors (Lipinski definition) is 7. The van der Waals surface area contributed by atoms with E-state index >= 15 is 0 Å². The maximum Gasteiger partial charge on any atom is 0.274 e. The maximum atomic E-state index is 13.0. The quantitative estimate of drug-likeness (QED) is 0.520. The van der Waals surface area contributed by atoms with Crippen LogP contribution < -0.4 is 5.32 Å². The first kappa shape index (κ1) is 23.9. The molecule has 178 valence electrons. The summed E-state index contributed by atoms with van der Waals surface area (Å²) in [7, 11) is 5.96. The molecule has 3 aromatic rings. The highest BCUT2D eigenvalue weighted by Crippen LogP contribution is 2.34. The molecular formula is C24H29N7O2S. The van der Waals surface area contributed by atoms with Crippen LogP contribution in [-0.2, 0) is 7.05 Å². The van der Waals surface area contributed by atoms with Crippen molar-refractivity contribution in [2.75, 3.05) is 32.5 Å². The van der Waals surface area contributed by atoms with Gasteiger partial charge in [0, 0.05) is 48.9 Å². The molecule has 0 unspecified atom stereocenters. The number of carbonyl (C=O) groups excluding carboxylic acids is 2. The largest absolute Gasteiger partial charge is 0.337 e. The topological polar surface area (TPSA) is 96.2 Å². The van der Waals surface area contributed by atoms with Crippen molar-refractivity contribution < 1.29 is 9.59 Å². The number of nitrogens with one attached hydrogen (secondary N) is 1. The van der Waals surface area contributed by atoms with Crippen LogP contribution in [-0.4, -0.2) is 74.6 Å². The van der Waals surface area contributed by atoms with E-state index in [9.17, 15) is 9.59 Å². The minimum absolute atomic E-state index is 0.0718. The van der Waals surface area contributed by atoms with E-state index in [0.29, 0.717) is 30.4 Å². The van der Waals surface area contributed by atoms with Crippen LogP contribution in [0.1, 0.15) is 45.0 Å². The standard InChI is InChI=1S/C24H29N7O2S/c1-16(34-24-28-26-15-30(24)4)17-6-5-7-19(12-17)27-22(32)21-13-18(8-10-25-21)23(33)31-11-9-20(14-31)29(2)3/h5-8,10,12-13,15-16,20H,9,11,14H2,1-4H3,(H,27,32)/t16-,20+/m0/s1. The maximum absolute atomic E-state index is 13.0. The summed E-state index contributed by atoms with van der Waals surface area (Å²) in [6.45, 7) is 3.48. The molecule has 1 aromatic carbocycles. The second kappa shape index (κ2) is 10.4. The number of hydrogen-bond donors (Lipinski definition) is 1. The Hall–Kier alpha value is -3.24. The number of rotatable bonds is 7. The fourth-order valence-electron chi connectivity index (χ4n) is 3.89. The molecule has 1 aliphatic heterocycles. The average molecular weight is 480 g/mol. The highest BCUT2D eigenvalue weighted by molar-refractivity contribution is 7.99. The third kappa shape index (κ3) is 5.45. The molecule has 0 aliphatic carbocycles. The lowest BCUT2D eigenvalue weighted by atomic mass is 10.1. The van der Waals surface area contributed by atoms with Gasteiger partial charge in [-0.15, -0.1) is 10.2 Å². The van der Waals surface area contributed by atoms with Crippen molar-refractivity contribution in [1.29, 1.82) is 0 Å². The van der Waals surface area contributed by atoms with E-state index < -0.39 is 0 Å². The van der Waals surface area contributed by atoms with E-state index in [-0.39, 0.29) is 22.8 Å². The van der Waals surface area contributed by atoms with E-state index in [1.54, 1.807) is 30.2 Å². The summed E-state index contributed by atoms with van der Waals surface area (Å²) in [5.41, 5.74) is 2.40. The molecule has 2 atom stereocenters. The van der Waals surface area contributed by atoms with Gasteiger partial charge < -0.3 is 19.7 Å². The predicted octanol–water partition coefficient (Wildman–Crippen LogP) is 3.09. The van der Waals surface area contributed by atoms with E-state index in [1.807, 2.05) is 54.9 Å². The molecule has 1 saturated heterocycles. The molecule has 1 aliphatic rings. The molecule has 0 saturated carbocycles. The van der Waals surface area contributed by atoms with Gasteiger partial charge in [0.1, 0.15) is 12.0 Å². The Bertz CT molecular complexity index is 1180. The number of likely N-dealkylation sites (tertiary alicyclic amines) is 1. The molecule has 0 spiro atoms. The van der Waals surface area contributed by atoms with Gasteiger partial charge in [0.15, 0.2) is 5.16 Å². The smallest absolute Gasteiger partial charge is 0.274 e. The summed E-state index contributed by atoms with van der Waals surface area (Å²) in [5, 5.41) is 11.9. The molecule has 3 heterocycles. The lowest BCUT2D eigenvalue weighted by molar-refractivity contribution is 0.0783. The number of thioether (sulfide) groups is 1. The van der Waals surface area contributed by atoms with Gasteiger partial charge >= 0.3 is 0 Å². The van der Waals surface area contributed by atoms with Crippen molar-refractivity contribution in [2.45, 2.75) is 29.8 Å². The van der Waals surface area contributed by atoms with Gasteiger partial charge in [-0.05, 0) is 57.3 Å². The molecule has 1 N–H and O–H groups in total. The highest BCUT2D eigenvalue weighted by atomic mass is 32.2. The molecule has 1 fully saturated rings. The summed E-state index contributed by atoms with van der Waals surface area (Å²) in [5.74, 6) is -0.426. The number of carbonyl (C=O) groups is 2. The number of nitrogens with zero attached hydrogens (tertiary/aromatic N) is 6. The fourth-order valence-corrected chi connectivity index (χ4v) is 4.79. The summed E-state index contributed by atoms with van der Waals surface area (Å²) in [4.78, 5) is 34.0. The van der Waals surface area contributed by atoms with E-state index in [2.05, 4.69) is 32.3 Å². The molecule has 10 heteroatoms. The summed E-state index contributed by atoms with van der Waals surface area (Å²) in [6.07, 6.45) is 4.13. The number of anilines is 1. The Morgan fingerprint density at radius 3 is 2.76 bits per heavy atom. The lowest BCUT2D eigenvalue weighted by Crippen LogP contribution is -2.34. The molecule has 0 bridgehead atoms. The Morgan fingerprint density at radius 2 is 2.06 bits per heavy atom. The average Bonchev–Trinajstić information content (AvgIpc) is 3.48. The van der Waals surface area contributed by atoms with Gasteiger partial charge in [0.2, 0.25) is 0 Å². The van der Waals surface area contributed by atoms with Gasteiger partial charge in [-0.3, -0.25) is 14.6 Å². The third-order valence-electron chi connectivity index (χ3n) is 5.99. The van der Waals surface area contributed by atoms with Gasteiger partial charge in [-0.1, -0.05) is 23.9 Å². The number of benzene rings is 1. The number of likely N-dealkylation sites (N-methyl/N-ethyl adjacent to an activating group) is 1. The zero-order chi connectivity index (χ0) is 24.2. The number of pyridine rings is 1. The van der Waals surface area contributed by atoms with Crippen LogP contribution in [0, 0.1) is 0 Å². The summed E-state index contributed by atoms with van der Waals surface area (Å²) < 4.78 is 1.87. The van der Waals surface area contributed by atoms with Crippen LogP contribution in [0.5, 0.6) is 0 Å². The minimum atomic E-state index is -0.354. The Morgan fingerprint density at radius 1 is 1.24 bits per heavy atom.